The van der Waals surface area contributed by atoms with Gasteiger partial charge in [0.05, 0.1) is 0 Å². The van der Waals surface area contributed by atoms with Gasteiger partial charge in [0, 0.05) is 19.0 Å². The summed E-state index contributed by atoms with van der Waals surface area (Å²) in [6.07, 6.45) is 0. The third kappa shape index (κ3) is 1.53. The van der Waals surface area contributed by atoms with Crippen LogP contribution in [0.3, 0.4) is 0 Å². The molecule has 0 aliphatic heterocycles. The summed E-state index contributed by atoms with van der Waals surface area (Å²) in [5, 5.41) is 0. The fraction of sp³-hybridized carbons (Fsp3) is 0.200. The van der Waals surface area contributed by atoms with Gasteiger partial charge in [-0.2, -0.15) is 0 Å². The maximum Gasteiger partial charge on any atom is 0.0257 e. The molecule has 1 aliphatic carbocycles. The van der Waals surface area contributed by atoms with Crippen molar-refractivity contribution in [2.45, 2.75) is 19.3 Å². The first-order chi connectivity index (χ1) is 8.03. The highest BCUT2D eigenvalue weighted by atomic mass is 127. The predicted octanol–water partition coefficient (Wildman–Crippen LogP) is 5.36. The van der Waals surface area contributed by atoms with Gasteiger partial charge in [-0.05, 0) is 51.4 Å². The smallest absolute Gasteiger partial charge is 0.0257 e. The Morgan fingerprint density at radius 2 is 1.76 bits per heavy atom. The van der Waals surface area contributed by atoms with Crippen molar-refractivity contribution in [3.8, 4) is 11.1 Å². The second-order valence-corrected chi connectivity index (χ2v) is 6.97. The van der Waals surface area contributed by atoms with E-state index in [0.717, 1.165) is 0 Å². The van der Waals surface area contributed by atoms with Crippen LogP contribution in [-0.2, 0) is 5.41 Å². The monoisotopic (exact) mass is 398 g/mol. The number of rotatable bonds is 0. The molecule has 0 spiro atoms. The molecule has 17 heavy (non-hydrogen) atoms. The van der Waals surface area contributed by atoms with Crippen LogP contribution in [0.1, 0.15) is 25.0 Å². The summed E-state index contributed by atoms with van der Waals surface area (Å²) in [5.41, 5.74) is 5.73. The van der Waals surface area contributed by atoms with E-state index in [-0.39, 0.29) is 5.41 Å². The molecule has 86 valence electrons. The highest BCUT2D eigenvalue weighted by Gasteiger charge is 2.37. The topological polar surface area (TPSA) is 0 Å². The van der Waals surface area contributed by atoms with Crippen molar-refractivity contribution in [3.05, 3.63) is 55.6 Å². The van der Waals surface area contributed by atoms with Crippen molar-refractivity contribution in [2.75, 3.05) is 0 Å². The van der Waals surface area contributed by atoms with Gasteiger partial charge in [-0.3, -0.25) is 0 Å². The average molecular weight is 399 g/mol. The maximum absolute atomic E-state index is 3.70. The number of hydrogen-bond acceptors (Lipinski definition) is 0. The summed E-state index contributed by atoms with van der Waals surface area (Å²) in [7, 11) is 0. The third-order valence-electron chi connectivity index (χ3n) is 3.60. The molecule has 0 atom stereocenters. The van der Waals surface area contributed by atoms with Crippen LogP contribution in [0.4, 0.5) is 0 Å². The van der Waals surface area contributed by atoms with E-state index in [1.165, 1.54) is 30.3 Å². The Labute approximate surface area is 124 Å². The number of halogens is 2. The van der Waals surface area contributed by atoms with Crippen molar-refractivity contribution in [2.24, 2.45) is 0 Å². The molecule has 0 amide bonds. The van der Waals surface area contributed by atoms with E-state index in [2.05, 4.69) is 88.8 Å². The zero-order valence-corrected chi connectivity index (χ0v) is 13.5. The van der Waals surface area contributed by atoms with Crippen molar-refractivity contribution in [1.82, 2.24) is 0 Å². The van der Waals surface area contributed by atoms with Crippen molar-refractivity contribution < 1.29 is 0 Å². The van der Waals surface area contributed by atoms with E-state index >= 15 is 0 Å². The Kier molecular flexibility index (Phi) is 2.63. The molecule has 0 nitrogen and oxygen atoms in total. The number of benzene rings is 2. The average Bonchev–Trinajstić information content (AvgIpc) is 2.55. The summed E-state index contributed by atoms with van der Waals surface area (Å²) in [6, 6.07) is 13.1. The fourth-order valence-electron chi connectivity index (χ4n) is 2.81. The van der Waals surface area contributed by atoms with Gasteiger partial charge in [-0.15, -0.1) is 0 Å². The van der Waals surface area contributed by atoms with E-state index in [0.29, 0.717) is 0 Å². The van der Waals surface area contributed by atoms with Gasteiger partial charge in [0.25, 0.3) is 0 Å². The first kappa shape index (κ1) is 11.7. The van der Waals surface area contributed by atoms with Crippen molar-refractivity contribution >= 4 is 38.5 Å². The first-order valence-corrected chi connectivity index (χ1v) is 7.49. The Balaban J connectivity index is 2.48. The van der Waals surface area contributed by atoms with Crippen LogP contribution in [0.5, 0.6) is 0 Å². The molecule has 0 heterocycles. The van der Waals surface area contributed by atoms with E-state index in [1.54, 1.807) is 0 Å². The lowest BCUT2D eigenvalue weighted by molar-refractivity contribution is 0.656. The molecule has 2 heteroatoms. The van der Waals surface area contributed by atoms with Gasteiger partial charge < -0.3 is 0 Å². The SMILES string of the molecule is CC1(C)c2ccccc2-c2c(Br)ccc(I)c21. The van der Waals surface area contributed by atoms with Gasteiger partial charge in [0.2, 0.25) is 0 Å². The largest absolute Gasteiger partial charge is 0.0619 e. The summed E-state index contributed by atoms with van der Waals surface area (Å²) in [4.78, 5) is 0. The quantitative estimate of drug-likeness (QED) is 0.524. The Hall–Kier alpha value is -0.350. The lowest BCUT2D eigenvalue weighted by Crippen LogP contribution is -2.16. The molecule has 0 radical (unpaired) electrons. The van der Waals surface area contributed by atoms with Crippen LogP contribution >= 0.6 is 38.5 Å². The molecule has 0 N–H and O–H groups in total. The van der Waals surface area contributed by atoms with Gasteiger partial charge in [-0.25, -0.2) is 0 Å². The van der Waals surface area contributed by atoms with Gasteiger partial charge in [0.15, 0.2) is 0 Å². The number of hydrogen-bond donors (Lipinski definition) is 0. The zero-order chi connectivity index (χ0) is 12.2. The molecule has 2 aromatic rings. The maximum atomic E-state index is 3.70. The molecule has 2 aromatic carbocycles. The Morgan fingerprint density at radius 3 is 2.53 bits per heavy atom. The number of fused-ring (bicyclic) bond motifs is 3. The highest BCUT2D eigenvalue weighted by Crippen LogP contribution is 2.52. The molecule has 0 bridgehead atoms. The van der Waals surface area contributed by atoms with Crippen LogP contribution < -0.4 is 0 Å². The van der Waals surface area contributed by atoms with Crippen LogP contribution in [0.2, 0.25) is 0 Å². The van der Waals surface area contributed by atoms with Gasteiger partial charge in [0.1, 0.15) is 0 Å². The summed E-state index contributed by atoms with van der Waals surface area (Å²) < 4.78 is 2.55. The van der Waals surface area contributed by atoms with Gasteiger partial charge in [-0.1, -0.05) is 54.0 Å². The van der Waals surface area contributed by atoms with E-state index in [4.69, 9.17) is 0 Å². The van der Waals surface area contributed by atoms with Crippen LogP contribution in [0.15, 0.2) is 40.9 Å². The Morgan fingerprint density at radius 1 is 1.06 bits per heavy atom. The molecule has 0 unspecified atom stereocenters. The molecule has 3 rings (SSSR count). The van der Waals surface area contributed by atoms with E-state index in [1.807, 2.05) is 0 Å². The summed E-state index contributed by atoms with van der Waals surface area (Å²) >= 11 is 6.14. The van der Waals surface area contributed by atoms with Crippen LogP contribution in [0.25, 0.3) is 11.1 Å². The molecular formula is C15H12BrI. The van der Waals surface area contributed by atoms with Crippen molar-refractivity contribution in [1.29, 1.82) is 0 Å². The normalized spacial score (nSPS) is 15.5. The third-order valence-corrected chi connectivity index (χ3v) is 5.16. The molecular weight excluding hydrogens is 387 g/mol. The second-order valence-electron chi connectivity index (χ2n) is 4.95. The predicted molar refractivity (Wildman–Crippen MR) is 84.4 cm³/mol. The first-order valence-electron chi connectivity index (χ1n) is 5.62. The van der Waals surface area contributed by atoms with Crippen LogP contribution in [-0.4, -0.2) is 0 Å². The minimum Gasteiger partial charge on any atom is -0.0619 e. The lowest BCUT2D eigenvalue weighted by atomic mass is 9.82. The second kappa shape index (κ2) is 3.82. The molecule has 0 saturated heterocycles. The highest BCUT2D eigenvalue weighted by molar-refractivity contribution is 14.1. The summed E-state index contributed by atoms with van der Waals surface area (Å²) in [5.74, 6) is 0. The molecule has 0 aromatic heterocycles. The molecule has 0 fully saturated rings. The molecule has 1 aliphatic rings. The zero-order valence-electron chi connectivity index (χ0n) is 9.72. The minimum absolute atomic E-state index is 0.103. The van der Waals surface area contributed by atoms with Crippen LogP contribution in [0, 0.1) is 3.57 Å². The standard InChI is InChI=1S/C15H12BrI/c1-15(2)10-6-4-3-5-9(10)13-11(16)7-8-12(17)14(13)15/h3-8H,1-2H3. The minimum atomic E-state index is 0.103. The Bertz CT molecular complexity index is 614. The summed E-state index contributed by atoms with van der Waals surface area (Å²) in [6.45, 7) is 4.62. The van der Waals surface area contributed by atoms with Crippen molar-refractivity contribution in [3.63, 3.8) is 0 Å². The lowest BCUT2D eigenvalue weighted by Gasteiger charge is -2.22. The van der Waals surface area contributed by atoms with E-state index in [9.17, 15) is 0 Å². The van der Waals surface area contributed by atoms with Gasteiger partial charge >= 0.3 is 0 Å². The fourth-order valence-corrected chi connectivity index (χ4v) is 4.47. The molecule has 0 saturated carbocycles. The van der Waals surface area contributed by atoms with E-state index < -0.39 is 0 Å².